The first-order valence-electron chi connectivity index (χ1n) is 5.77. The van der Waals surface area contributed by atoms with Crippen LogP contribution in [0.2, 0.25) is 0 Å². The first-order valence-corrected chi connectivity index (χ1v) is 6.75. The van der Waals surface area contributed by atoms with Crippen LogP contribution in [0.25, 0.3) is 0 Å². The number of furan rings is 1. The molecule has 2 aromatic heterocycles. The lowest BCUT2D eigenvalue weighted by Crippen LogP contribution is -2.13. The highest BCUT2D eigenvalue weighted by molar-refractivity contribution is 7.98. The molecule has 0 aliphatic rings. The van der Waals surface area contributed by atoms with E-state index in [9.17, 15) is 9.59 Å². The van der Waals surface area contributed by atoms with Crippen molar-refractivity contribution >= 4 is 23.7 Å². The first-order chi connectivity index (χ1) is 10.1. The Hall–Kier alpha value is -2.36. The van der Waals surface area contributed by atoms with Gasteiger partial charge in [0.15, 0.2) is 0 Å². The second-order valence-corrected chi connectivity index (χ2v) is 4.68. The Morgan fingerprint density at radius 1 is 1.33 bits per heavy atom. The summed E-state index contributed by atoms with van der Waals surface area (Å²) >= 11 is 1.27. The second-order valence-electron chi connectivity index (χ2n) is 3.74. The monoisotopic (exact) mass is 312 g/mol. The van der Waals surface area contributed by atoms with Gasteiger partial charge < -0.3 is 13.9 Å². The van der Waals surface area contributed by atoms with E-state index in [1.54, 1.807) is 6.07 Å². The van der Waals surface area contributed by atoms with Crippen LogP contribution < -0.4 is 0 Å². The van der Waals surface area contributed by atoms with Gasteiger partial charge in [0, 0.05) is 0 Å². The fourth-order valence-electron chi connectivity index (χ4n) is 1.39. The Balaban J connectivity index is 1.97. The summed E-state index contributed by atoms with van der Waals surface area (Å²) < 4.78 is 15.7. The highest BCUT2D eigenvalue weighted by atomic mass is 32.2. The van der Waals surface area contributed by atoms with Crippen molar-refractivity contribution < 1.29 is 23.5 Å². The van der Waals surface area contributed by atoms with Crippen molar-refractivity contribution in [2.24, 2.45) is 0 Å². The topological polar surface area (TPSA) is 109 Å². The Morgan fingerprint density at radius 2 is 2.14 bits per heavy atom. The Morgan fingerprint density at radius 3 is 2.86 bits per heavy atom. The number of aromatic nitrogens is 4. The molecule has 0 fully saturated rings. The van der Waals surface area contributed by atoms with Crippen molar-refractivity contribution in [3.8, 4) is 0 Å². The average Bonchev–Trinajstić information content (AvgIpc) is 3.13. The van der Waals surface area contributed by atoms with Gasteiger partial charge >= 0.3 is 11.9 Å². The quantitative estimate of drug-likeness (QED) is 0.556. The second kappa shape index (κ2) is 6.88. The number of ether oxygens (including phenoxy) is 2. The summed E-state index contributed by atoms with van der Waals surface area (Å²) in [5, 5.41) is 11.4. The minimum atomic E-state index is -0.540. The Bertz CT molecular complexity index is 638. The molecule has 0 unspecified atom stereocenters. The molecule has 0 amide bonds. The predicted molar refractivity (Wildman–Crippen MR) is 69.4 cm³/mol. The summed E-state index contributed by atoms with van der Waals surface area (Å²) in [4.78, 5) is 22.5. The van der Waals surface area contributed by atoms with Gasteiger partial charge in [-0.05, 0) is 22.6 Å². The maximum absolute atomic E-state index is 11.3. The molecule has 0 aromatic carbocycles. The number of nitrogens with zero attached hydrogens (tertiary/aromatic N) is 4. The minimum absolute atomic E-state index is 0.0720. The highest BCUT2D eigenvalue weighted by Gasteiger charge is 2.14. The lowest BCUT2D eigenvalue weighted by atomic mass is 10.4. The van der Waals surface area contributed by atoms with Crippen LogP contribution in [0.1, 0.15) is 16.3 Å². The van der Waals surface area contributed by atoms with Gasteiger partial charge in [-0.1, -0.05) is 11.8 Å². The number of hydrogen-bond donors (Lipinski definition) is 0. The predicted octanol–water partition coefficient (Wildman–Crippen LogP) is 0.518. The fraction of sp³-hybridized carbons (Fsp3) is 0.364. The third-order valence-corrected chi connectivity index (χ3v) is 3.38. The number of hydrogen-bond acceptors (Lipinski definition) is 9. The smallest absolute Gasteiger partial charge is 0.373 e. The van der Waals surface area contributed by atoms with Gasteiger partial charge in [-0.15, -0.1) is 5.10 Å². The van der Waals surface area contributed by atoms with Crippen LogP contribution in [0.15, 0.2) is 21.7 Å². The van der Waals surface area contributed by atoms with E-state index in [1.165, 1.54) is 36.7 Å². The van der Waals surface area contributed by atoms with Crippen LogP contribution in [0.3, 0.4) is 0 Å². The van der Waals surface area contributed by atoms with E-state index in [4.69, 9.17) is 4.42 Å². The van der Waals surface area contributed by atoms with Gasteiger partial charge in [0.25, 0.3) is 0 Å². The van der Waals surface area contributed by atoms with E-state index in [0.29, 0.717) is 16.7 Å². The Labute approximate surface area is 123 Å². The number of carbonyl (C=O) groups excluding carboxylic acids is 2. The average molecular weight is 312 g/mol. The van der Waals surface area contributed by atoms with E-state index < -0.39 is 11.9 Å². The maximum Gasteiger partial charge on any atom is 0.373 e. The number of thioether (sulfide) groups is 1. The van der Waals surface area contributed by atoms with Gasteiger partial charge in [0.2, 0.25) is 10.9 Å². The molecule has 2 aromatic rings. The normalized spacial score (nSPS) is 10.4. The largest absolute Gasteiger partial charge is 0.468 e. The summed E-state index contributed by atoms with van der Waals surface area (Å²) in [6.45, 7) is -0.0720. The van der Waals surface area contributed by atoms with Crippen LogP contribution in [-0.4, -0.2) is 46.4 Å². The van der Waals surface area contributed by atoms with Crippen molar-refractivity contribution in [3.05, 3.63) is 23.7 Å². The summed E-state index contributed by atoms with van der Waals surface area (Å²) in [6.07, 6.45) is 0. The molecule has 2 rings (SSSR count). The summed E-state index contributed by atoms with van der Waals surface area (Å²) in [7, 11) is 2.57. The fourth-order valence-corrected chi connectivity index (χ4v) is 2.16. The molecule has 0 N–H and O–H groups in total. The van der Waals surface area contributed by atoms with Crippen LogP contribution >= 0.6 is 11.8 Å². The zero-order valence-corrected chi connectivity index (χ0v) is 12.1. The molecule has 2 heterocycles. The zero-order valence-electron chi connectivity index (χ0n) is 11.3. The molecule has 0 aliphatic heterocycles. The molecule has 0 bridgehead atoms. The van der Waals surface area contributed by atoms with Crippen molar-refractivity contribution in [2.75, 3.05) is 14.2 Å². The molecule has 21 heavy (non-hydrogen) atoms. The van der Waals surface area contributed by atoms with E-state index >= 15 is 0 Å². The third-order valence-electron chi connectivity index (χ3n) is 2.40. The van der Waals surface area contributed by atoms with Gasteiger partial charge in [0.05, 0.1) is 20.0 Å². The maximum atomic E-state index is 11.3. The number of tetrazole rings is 1. The molecule has 112 valence electrons. The first kappa shape index (κ1) is 15.0. The molecular weight excluding hydrogens is 300 g/mol. The van der Waals surface area contributed by atoms with Gasteiger partial charge in [-0.3, -0.25) is 4.79 Å². The van der Waals surface area contributed by atoms with Gasteiger partial charge in [-0.2, -0.15) is 0 Å². The molecule has 9 nitrogen and oxygen atoms in total. The summed E-state index contributed by atoms with van der Waals surface area (Å²) in [5.41, 5.74) is 0. The lowest BCUT2D eigenvalue weighted by molar-refractivity contribution is -0.141. The molecule has 0 atom stereocenters. The van der Waals surface area contributed by atoms with E-state index in [-0.39, 0.29) is 12.3 Å². The van der Waals surface area contributed by atoms with Crippen molar-refractivity contribution in [3.63, 3.8) is 0 Å². The van der Waals surface area contributed by atoms with Crippen molar-refractivity contribution in [1.29, 1.82) is 0 Å². The number of carbonyl (C=O) groups is 2. The summed E-state index contributed by atoms with van der Waals surface area (Å²) in [5.74, 6) is 0.102. The molecule has 0 radical (unpaired) electrons. The number of rotatable bonds is 6. The van der Waals surface area contributed by atoms with E-state index in [2.05, 4.69) is 25.0 Å². The standard InChI is InChI=1S/C11H12N4O5S/c1-18-9(16)5-15-11(12-13-14-15)21-6-7-3-4-8(20-7)10(17)19-2/h3-4H,5-6H2,1-2H3. The van der Waals surface area contributed by atoms with Crippen LogP contribution in [-0.2, 0) is 26.6 Å². The summed E-state index contributed by atoms with van der Waals surface area (Å²) in [6, 6.07) is 3.19. The van der Waals surface area contributed by atoms with E-state index in [1.807, 2.05) is 0 Å². The zero-order chi connectivity index (χ0) is 15.2. The van der Waals surface area contributed by atoms with E-state index in [0.717, 1.165) is 0 Å². The third kappa shape index (κ3) is 3.81. The van der Waals surface area contributed by atoms with Crippen molar-refractivity contribution in [1.82, 2.24) is 20.2 Å². The molecule has 10 heteroatoms. The number of methoxy groups -OCH3 is 2. The molecule has 0 saturated carbocycles. The van der Waals surface area contributed by atoms with Crippen LogP contribution in [0, 0.1) is 0 Å². The lowest BCUT2D eigenvalue weighted by Gasteiger charge is -2.01. The van der Waals surface area contributed by atoms with Crippen molar-refractivity contribution in [2.45, 2.75) is 17.5 Å². The van der Waals surface area contributed by atoms with Crippen LogP contribution in [0.5, 0.6) is 0 Å². The number of esters is 2. The molecule has 0 aliphatic carbocycles. The molecule has 0 saturated heterocycles. The van der Waals surface area contributed by atoms with Gasteiger partial charge in [-0.25, -0.2) is 9.48 Å². The van der Waals surface area contributed by atoms with Gasteiger partial charge in [0.1, 0.15) is 12.3 Å². The Kier molecular flexibility index (Phi) is 4.93. The minimum Gasteiger partial charge on any atom is -0.468 e. The van der Waals surface area contributed by atoms with Crippen LogP contribution in [0.4, 0.5) is 0 Å². The highest BCUT2D eigenvalue weighted by Crippen LogP contribution is 2.21. The molecular formula is C11H12N4O5S. The SMILES string of the molecule is COC(=O)Cn1nnnc1SCc1ccc(C(=O)OC)o1. The molecule has 0 spiro atoms.